The first-order valence-corrected chi connectivity index (χ1v) is 5.12. The quantitative estimate of drug-likeness (QED) is 0.781. The number of nitrogens with two attached hydrogens (primary N) is 1. The number of pyridine rings is 1. The molecule has 1 aromatic heterocycles. The molecular weight excluding hydrogens is 176 g/mol. The first-order chi connectivity index (χ1) is 6.86. The van der Waals surface area contributed by atoms with Crippen molar-refractivity contribution in [2.24, 2.45) is 5.73 Å². The van der Waals surface area contributed by atoms with Crippen molar-refractivity contribution in [3.05, 3.63) is 30.1 Å². The maximum atomic E-state index is 6.06. The van der Waals surface area contributed by atoms with Crippen LogP contribution in [0.15, 0.2) is 24.5 Å². The molecule has 0 aliphatic carbocycles. The van der Waals surface area contributed by atoms with Gasteiger partial charge in [-0.05, 0) is 30.9 Å². The highest BCUT2D eigenvalue weighted by atomic mass is 16.5. The molecule has 76 valence electrons. The standard InChI is InChI=1S/C11H16N2O/c12-10(11-4-2-6-14-11)7-9-3-1-5-13-8-9/h1,3,5,8,10-11H,2,4,6-7,12H2. The summed E-state index contributed by atoms with van der Waals surface area (Å²) in [6.45, 7) is 0.866. The summed E-state index contributed by atoms with van der Waals surface area (Å²) in [7, 11) is 0. The molecule has 1 saturated heterocycles. The molecule has 2 unspecified atom stereocenters. The number of rotatable bonds is 3. The van der Waals surface area contributed by atoms with E-state index in [1.807, 2.05) is 12.3 Å². The van der Waals surface area contributed by atoms with Crippen LogP contribution in [0, 0.1) is 0 Å². The topological polar surface area (TPSA) is 48.1 Å². The number of hydrogen-bond acceptors (Lipinski definition) is 3. The smallest absolute Gasteiger partial charge is 0.0730 e. The lowest BCUT2D eigenvalue weighted by Crippen LogP contribution is -2.36. The fourth-order valence-electron chi connectivity index (χ4n) is 1.86. The molecule has 0 radical (unpaired) electrons. The van der Waals surface area contributed by atoms with Crippen molar-refractivity contribution in [2.45, 2.75) is 31.4 Å². The molecule has 2 heterocycles. The average Bonchev–Trinajstić information content (AvgIpc) is 2.72. The van der Waals surface area contributed by atoms with Crippen molar-refractivity contribution in [3.63, 3.8) is 0 Å². The van der Waals surface area contributed by atoms with Gasteiger partial charge in [-0.2, -0.15) is 0 Å². The second-order valence-electron chi connectivity index (χ2n) is 3.78. The van der Waals surface area contributed by atoms with Crippen LogP contribution in [0.5, 0.6) is 0 Å². The van der Waals surface area contributed by atoms with Gasteiger partial charge in [0.2, 0.25) is 0 Å². The number of hydrogen-bond donors (Lipinski definition) is 1. The molecule has 3 nitrogen and oxygen atoms in total. The van der Waals surface area contributed by atoms with E-state index in [2.05, 4.69) is 11.1 Å². The zero-order chi connectivity index (χ0) is 9.80. The molecular formula is C11H16N2O. The number of ether oxygens (including phenoxy) is 1. The predicted molar refractivity (Wildman–Crippen MR) is 54.9 cm³/mol. The van der Waals surface area contributed by atoms with Gasteiger partial charge in [0.25, 0.3) is 0 Å². The maximum Gasteiger partial charge on any atom is 0.0730 e. The molecule has 1 fully saturated rings. The second kappa shape index (κ2) is 4.53. The lowest BCUT2D eigenvalue weighted by molar-refractivity contribution is 0.0900. The average molecular weight is 192 g/mol. The molecule has 2 rings (SSSR count). The highest BCUT2D eigenvalue weighted by molar-refractivity contribution is 5.10. The Kier molecular flexibility index (Phi) is 3.11. The Morgan fingerprint density at radius 3 is 3.21 bits per heavy atom. The minimum Gasteiger partial charge on any atom is -0.377 e. The minimum absolute atomic E-state index is 0.113. The Bertz CT molecular complexity index is 270. The van der Waals surface area contributed by atoms with Crippen LogP contribution < -0.4 is 5.73 Å². The van der Waals surface area contributed by atoms with Crippen molar-refractivity contribution in [3.8, 4) is 0 Å². The van der Waals surface area contributed by atoms with E-state index in [9.17, 15) is 0 Å². The summed E-state index contributed by atoms with van der Waals surface area (Å²) in [6.07, 6.45) is 7.00. The molecule has 14 heavy (non-hydrogen) atoms. The van der Waals surface area contributed by atoms with Crippen molar-refractivity contribution >= 4 is 0 Å². The minimum atomic E-state index is 0.113. The van der Waals surface area contributed by atoms with Crippen molar-refractivity contribution in [1.29, 1.82) is 0 Å². The van der Waals surface area contributed by atoms with E-state index in [1.165, 1.54) is 5.56 Å². The van der Waals surface area contributed by atoms with Crippen LogP contribution in [0.1, 0.15) is 18.4 Å². The van der Waals surface area contributed by atoms with E-state index in [-0.39, 0.29) is 12.1 Å². The monoisotopic (exact) mass is 192 g/mol. The Morgan fingerprint density at radius 2 is 2.57 bits per heavy atom. The molecule has 2 N–H and O–H groups in total. The Morgan fingerprint density at radius 1 is 1.64 bits per heavy atom. The Labute approximate surface area is 84.3 Å². The fraction of sp³-hybridized carbons (Fsp3) is 0.545. The molecule has 0 aromatic carbocycles. The van der Waals surface area contributed by atoms with E-state index < -0.39 is 0 Å². The maximum absolute atomic E-state index is 6.06. The van der Waals surface area contributed by atoms with Gasteiger partial charge in [-0.15, -0.1) is 0 Å². The highest BCUT2D eigenvalue weighted by Gasteiger charge is 2.22. The first-order valence-electron chi connectivity index (χ1n) is 5.12. The van der Waals surface area contributed by atoms with E-state index in [1.54, 1.807) is 6.20 Å². The third-order valence-electron chi connectivity index (χ3n) is 2.64. The molecule has 0 bridgehead atoms. The van der Waals surface area contributed by atoms with Crippen LogP contribution in [0.4, 0.5) is 0 Å². The van der Waals surface area contributed by atoms with Gasteiger partial charge >= 0.3 is 0 Å². The zero-order valence-corrected chi connectivity index (χ0v) is 8.23. The van der Waals surface area contributed by atoms with Crippen LogP contribution in [0.2, 0.25) is 0 Å². The number of nitrogens with zero attached hydrogens (tertiary/aromatic N) is 1. The molecule has 1 aromatic rings. The number of aromatic nitrogens is 1. The first kappa shape index (κ1) is 9.62. The normalized spacial score (nSPS) is 23.6. The van der Waals surface area contributed by atoms with Gasteiger partial charge in [0.1, 0.15) is 0 Å². The molecule has 1 aliphatic rings. The lowest BCUT2D eigenvalue weighted by Gasteiger charge is -2.18. The molecule has 0 spiro atoms. The fourth-order valence-corrected chi connectivity index (χ4v) is 1.86. The SMILES string of the molecule is NC(Cc1cccnc1)C1CCCO1. The van der Waals surface area contributed by atoms with Gasteiger partial charge < -0.3 is 10.5 Å². The summed E-state index contributed by atoms with van der Waals surface area (Å²) in [4.78, 5) is 4.07. The van der Waals surface area contributed by atoms with Gasteiger partial charge in [0.05, 0.1) is 6.10 Å². The van der Waals surface area contributed by atoms with E-state index >= 15 is 0 Å². The molecule has 1 aliphatic heterocycles. The third-order valence-corrected chi connectivity index (χ3v) is 2.64. The van der Waals surface area contributed by atoms with E-state index in [0.717, 1.165) is 25.9 Å². The van der Waals surface area contributed by atoms with Crippen LogP contribution >= 0.6 is 0 Å². The summed E-state index contributed by atoms with van der Waals surface area (Å²) in [5.74, 6) is 0. The molecule has 3 heteroatoms. The molecule has 2 atom stereocenters. The second-order valence-corrected chi connectivity index (χ2v) is 3.78. The van der Waals surface area contributed by atoms with Crippen molar-refractivity contribution in [1.82, 2.24) is 4.98 Å². The predicted octanol–water partition coefficient (Wildman–Crippen LogP) is 1.13. The van der Waals surface area contributed by atoms with Gasteiger partial charge in [0, 0.05) is 25.0 Å². The van der Waals surface area contributed by atoms with E-state index in [0.29, 0.717) is 0 Å². The summed E-state index contributed by atoms with van der Waals surface area (Å²) in [5, 5.41) is 0. The Hall–Kier alpha value is -0.930. The van der Waals surface area contributed by atoms with E-state index in [4.69, 9.17) is 10.5 Å². The summed E-state index contributed by atoms with van der Waals surface area (Å²) >= 11 is 0. The van der Waals surface area contributed by atoms with Gasteiger partial charge in [-0.1, -0.05) is 6.07 Å². The summed E-state index contributed by atoms with van der Waals surface area (Å²) < 4.78 is 5.54. The van der Waals surface area contributed by atoms with Crippen LogP contribution in [0.25, 0.3) is 0 Å². The van der Waals surface area contributed by atoms with Crippen molar-refractivity contribution in [2.75, 3.05) is 6.61 Å². The summed E-state index contributed by atoms with van der Waals surface area (Å²) in [5.41, 5.74) is 7.25. The lowest BCUT2D eigenvalue weighted by atomic mass is 10.0. The van der Waals surface area contributed by atoms with Gasteiger partial charge in [0.15, 0.2) is 0 Å². The van der Waals surface area contributed by atoms with Crippen LogP contribution in [-0.2, 0) is 11.2 Å². The largest absolute Gasteiger partial charge is 0.377 e. The Balaban J connectivity index is 1.90. The van der Waals surface area contributed by atoms with Gasteiger partial charge in [-0.3, -0.25) is 4.98 Å². The zero-order valence-electron chi connectivity index (χ0n) is 8.23. The molecule has 0 saturated carbocycles. The molecule has 0 amide bonds. The highest BCUT2D eigenvalue weighted by Crippen LogP contribution is 2.16. The third kappa shape index (κ3) is 2.30. The van der Waals surface area contributed by atoms with Crippen LogP contribution in [0.3, 0.4) is 0 Å². The van der Waals surface area contributed by atoms with Gasteiger partial charge in [-0.25, -0.2) is 0 Å². The van der Waals surface area contributed by atoms with Crippen LogP contribution in [-0.4, -0.2) is 23.7 Å². The van der Waals surface area contributed by atoms with Crippen molar-refractivity contribution < 1.29 is 4.74 Å². The summed E-state index contributed by atoms with van der Waals surface area (Å²) in [6, 6.07) is 4.11.